The van der Waals surface area contributed by atoms with E-state index < -0.39 is 0 Å². The second-order valence-electron chi connectivity index (χ2n) is 5.17. The van der Waals surface area contributed by atoms with Crippen molar-refractivity contribution in [1.82, 2.24) is 4.90 Å². The third kappa shape index (κ3) is 2.94. The summed E-state index contributed by atoms with van der Waals surface area (Å²) in [6.07, 6.45) is 0.421. The van der Waals surface area contributed by atoms with Crippen LogP contribution in [-0.4, -0.2) is 40.4 Å². The predicted octanol–water partition coefficient (Wildman–Crippen LogP) is 2.27. The number of hydrogen-bond donors (Lipinski definition) is 2. The molecule has 3 atom stereocenters. The molecule has 2 rings (SSSR count). The van der Waals surface area contributed by atoms with Crippen LogP contribution in [0, 0.1) is 0 Å². The summed E-state index contributed by atoms with van der Waals surface area (Å²) in [5.41, 5.74) is 0.925. The third-order valence-electron chi connectivity index (χ3n) is 3.40. The standard InChI is InChI=1S/C14H21NO3/c1-9-7-15(8-10(2)18-9)11(3)12-4-13(16)6-14(17)5-12/h4-6,9-11,16-17H,7-8H2,1-3H3. The Morgan fingerprint density at radius 2 is 1.61 bits per heavy atom. The monoisotopic (exact) mass is 251 g/mol. The van der Waals surface area contributed by atoms with E-state index in [4.69, 9.17) is 4.74 Å². The maximum absolute atomic E-state index is 9.54. The van der Waals surface area contributed by atoms with Gasteiger partial charge in [-0.3, -0.25) is 4.90 Å². The smallest absolute Gasteiger partial charge is 0.119 e. The number of benzene rings is 1. The molecule has 2 N–H and O–H groups in total. The van der Waals surface area contributed by atoms with E-state index in [0.717, 1.165) is 18.7 Å². The van der Waals surface area contributed by atoms with Crippen molar-refractivity contribution in [3.05, 3.63) is 23.8 Å². The Bertz CT molecular complexity index is 391. The van der Waals surface area contributed by atoms with Gasteiger partial charge in [0.25, 0.3) is 0 Å². The number of phenols is 2. The fourth-order valence-electron chi connectivity index (χ4n) is 2.60. The number of aromatic hydroxyl groups is 2. The minimum Gasteiger partial charge on any atom is -0.508 e. The fraction of sp³-hybridized carbons (Fsp3) is 0.571. The summed E-state index contributed by atoms with van der Waals surface area (Å²) in [6, 6.07) is 4.90. The molecule has 1 aliphatic heterocycles. The minimum absolute atomic E-state index is 0.103. The van der Waals surface area contributed by atoms with E-state index in [2.05, 4.69) is 25.7 Å². The number of phenolic OH excluding ortho intramolecular Hbond substituents is 2. The number of hydrogen-bond acceptors (Lipinski definition) is 4. The molecule has 100 valence electrons. The molecular weight excluding hydrogens is 230 g/mol. The number of morpholine rings is 1. The zero-order valence-electron chi connectivity index (χ0n) is 11.1. The van der Waals surface area contributed by atoms with Gasteiger partial charge in [0.1, 0.15) is 11.5 Å². The Balaban J connectivity index is 2.17. The highest BCUT2D eigenvalue weighted by atomic mass is 16.5. The number of ether oxygens (including phenoxy) is 1. The predicted molar refractivity (Wildman–Crippen MR) is 69.8 cm³/mol. The van der Waals surface area contributed by atoms with Gasteiger partial charge in [-0.15, -0.1) is 0 Å². The van der Waals surface area contributed by atoms with Gasteiger partial charge in [0.2, 0.25) is 0 Å². The molecule has 1 aromatic rings. The molecule has 1 fully saturated rings. The zero-order valence-corrected chi connectivity index (χ0v) is 11.1. The molecule has 1 aromatic carbocycles. The van der Waals surface area contributed by atoms with Crippen LogP contribution in [0.25, 0.3) is 0 Å². The van der Waals surface area contributed by atoms with E-state index in [-0.39, 0.29) is 29.7 Å². The molecular formula is C14H21NO3. The van der Waals surface area contributed by atoms with Crippen molar-refractivity contribution in [3.8, 4) is 11.5 Å². The van der Waals surface area contributed by atoms with Crippen LogP contribution in [0.3, 0.4) is 0 Å². The Morgan fingerprint density at radius 1 is 1.11 bits per heavy atom. The summed E-state index contributed by atoms with van der Waals surface area (Å²) < 4.78 is 5.71. The van der Waals surface area contributed by atoms with Crippen molar-refractivity contribution in [2.45, 2.75) is 39.0 Å². The van der Waals surface area contributed by atoms with Gasteiger partial charge in [-0.1, -0.05) is 0 Å². The lowest BCUT2D eigenvalue weighted by Gasteiger charge is -2.39. The first kappa shape index (κ1) is 13.2. The second kappa shape index (κ2) is 5.16. The lowest BCUT2D eigenvalue weighted by atomic mass is 10.0. The van der Waals surface area contributed by atoms with Gasteiger partial charge in [0.05, 0.1) is 12.2 Å². The van der Waals surface area contributed by atoms with Crippen molar-refractivity contribution in [2.24, 2.45) is 0 Å². The van der Waals surface area contributed by atoms with Crippen molar-refractivity contribution in [1.29, 1.82) is 0 Å². The van der Waals surface area contributed by atoms with Crippen LogP contribution < -0.4 is 0 Å². The van der Waals surface area contributed by atoms with Gasteiger partial charge >= 0.3 is 0 Å². The van der Waals surface area contributed by atoms with Gasteiger partial charge in [-0.2, -0.15) is 0 Å². The van der Waals surface area contributed by atoms with E-state index in [1.165, 1.54) is 6.07 Å². The highest BCUT2D eigenvalue weighted by Gasteiger charge is 2.26. The van der Waals surface area contributed by atoms with E-state index in [1.807, 2.05) is 0 Å². The molecule has 0 radical (unpaired) electrons. The summed E-state index contributed by atoms with van der Waals surface area (Å²) in [6.45, 7) is 7.94. The van der Waals surface area contributed by atoms with Gasteiger partial charge in [-0.25, -0.2) is 0 Å². The Hall–Kier alpha value is -1.26. The number of nitrogens with zero attached hydrogens (tertiary/aromatic N) is 1. The minimum atomic E-state index is 0.103. The van der Waals surface area contributed by atoms with Crippen molar-refractivity contribution in [2.75, 3.05) is 13.1 Å². The van der Waals surface area contributed by atoms with Crippen LogP contribution in [0.5, 0.6) is 11.5 Å². The fourth-order valence-corrected chi connectivity index (χ4v) is 2.60. The average Bonchev–Trinajstić information content (AvgIpc) is 2.25. The summed E-state index contributed by atoms with van der Waals surface area (Å²) >= 11 is 0. The normalized spacial score (nSPS) is 27.1. The maximum atomic E-state index is 9.54. The van der Waals surface area contributed by atoms with Gasteiger partial charge in [0.15, 0.2) is 0 Å². The number of rotatable bonds is 2. The highest BCUT2D eigenvalue weighted by molar-refractivity contribution is 5.38. The van der Waals surface area contributed by atoms with Gasteiger partial charge in [-0.05, 0) is 38.5 Å². The quantitative estimate of drug-likeness (QED) is 0.846. The van der Waals surface area contributed by atoms with Crippen molar-refractivity contribution in [3.63, 3.8) is 0 Å². The van der Waals surface area contributed by atoms with Gasteiger partial charge in [0, 0.05) is 25.2 Å². The molecule has 0 aromatic heterocycles. The molecule has 1 aliphatic rings. The van der Waals surface area contributed by atoms with Crippen LogP contribution in [0.1, 0.15) is 32.4 Å². The molecule has 1 heterocycles. The first-order valence-corrected chi connectivity index (χ1v) is 6.38. The Labute approximate surface area is 108 Å². The van der Waals surface area contributed by atoms with Crippen molar-refractivity contribution >= 4 is 0 Å². The Kier molecular flexibility index (Phi) is 3.78. The third-order valence-corrected chi connectivity index (χ3v) is 3.40. The molecule has 0 spiro atoms. The molecule has 0 aliphatic carbocycles. The summed E-state index contributed by atoms with van der Waals surface area (Å²) in [5.74, 6) is 0.206. The van der Waals surface area contributed by atoms with Gasteiger partial charge < -0.3 is 14.9 Å². The van der Waals surface area contributed by atoms with E-state index >= 15 is 0 Å². The van der Waals surface area contributed by atoms with Crippen LogP contribution >= 0.6 is 0 Å². The molecule has 4 nitrogen and oxygen atoms in total. The topological polar surface area (TPSA) is 52.9 Å². The van der Waals surface area contributed by atoms with E-state index in [1.54, 1.807) is 12.1 Å². The first-order valence-electron chi connectivity index (χ1n) is 6.38. The molecule has 0 saturated carbocycles. The highest BCUT2D eigenvalue weighted by Crippen LogP contribution is 2.29. The summed E-state index contributed by atoms with van der Waals surface area (Å²) in [5, 5.41) is 19.1. The lowest BCUT2D eigenvalue weighted by Crippen LogP contribution is -2.46. The van der Waals surface area contributed by atoms with Crippen molar-refractivity contribution < 1.29 is 14.9 Å². The van der Waals surface area contributed by atoms with E-state index in [0.29, 0.717) is 0 Å². The summed E-state index contributed by atoms with van der Waals surface area (Å²) in [4.78, 5) is 2.31. The largest absolute Gasteiger partial charge is 0.508 e. The van der Waals surface area contributed by atoms with Crippen LogP contribution in [0.2, 0.25) is 0 Å². The average molecular weight is 251 g/mol. The first-order chi connectivity index (χ1) is 8.45. The molecule has 4 heteroatoms. The molecule has 3 unspecified atom stereocenters. The lowest BCUT2D eigenvalue weighted by molar-refractivity contribution is -0.0789. The molecule has 0 bridgehead atoms. The maximum Gasteiger partial charge on any atom is 0.119 e. The van der Waals surface area contributed by atoms with Crippen LogP contribution in [0.15, 0.2) is 18.2 Å². The molecule has 1 saturated heterocycles. The summed E-state index contributed by atoms with van der Waals surface area (Å²) in [7, 11) is 0. The second-order valence-corrected chi connectivity index (χ2v) is 5.17. The van der Waals surface area contributed by atoms with Crippen LogP contribution in [0.4, 0.5) is 0 Å². The Morgan fingerprint density at radius 3 is 2.11 bits per heavy atom. The SMILES string of the molecule is CC1CN(C(C)c2cc(O)cc(O)c2)CC(C)O1. The molecule has 18 heavy (non-hydrogen) atoms. The van der Waals surface area contributed by atoms with E-state index in [9.17, 15) is 10.2 Å². The molecule has 0 amide bonds. The zero-order chi connectivity index (χ0) is 13.3. The van der Waals surface area contributed by atoms with Crippen LogP contribution in [-0.2, 0) is 4.74 Å².